The molecule has 0 N–H and O–H groups in total. The van der Waals surface area contributed by atoms with Crippen molar-refractivity contribution < 1.29 is 9.28 Å². The summed E-state index contributed by atoms with van der Waals surface area (Å²) in [4.78, 5) is 12.2. The molecule has 1 saturated heterocycles. The van der Waals surface area contributed by atoms with Gasteiger partial charge < -0.3 is 9.38 Å². The minimum atomic E-state index is -1.56. The number of fused-ring (bicyclic) bond motifs is 2. The fourth-order valence-corrected chi connectivity index (χ4v) is 8.59. The Kier molecular flexibility index (Phi) is 12.4. The highest BCUT2D eigenvalue weighted by atomic mass is 35.5. The summed E-state index contributed by atoms with van der Waals surface area (Å²) in [5, 5.41) is 0.396. The number of hydrogen-bond acceptors (Lipinski definition) is 1. The number of alkyl halides is 4. The number of carbonyl (C=O) groups is 1. The third-order valence-corrected chi connectivity index (χ3v) is 12.8. The summed E-state index contributed by atoms with van der Waals surface area (Å²) in [5.41, 5.74) is 0.794. The molecule has 0 unspecified atom stereocenters. The molecule has 3 aliphatic rings. The topological polar surface area (TPSA) is 20.3 Å². The van der Waals surface area contributed by atoms with Gasteiger partial charge in [0.1, 0.15) is 16.3 Å². The fraction of sp³-hybridized carbons (Fsp3) is 0.828. The van der Waals surface area contributed by atoms with Gasteiger partial charge in [0.05, 0.1) is 43.3 Å². The van der Waals surface area contributed by atoms with Gasteiger partial charge in [-0.2, -0.15) is 0 Å². The summed E-state index contributed by atoms with van der Waals surface area (Å²) in [6.07, 6.45) is 19.5. The van der Waals surface area contributed by atoms with Crippen LogP contribution in [0.15, 0.2) is 21.7 Å². The minimum absolute atomic E-state index is 0.191. The second kappa shape index (κ2) is 14.2. The van der Waals surface area contributed by atoms with Crippen LogP contribution in [0.25, 0.3) is 0 Å². The third kappa shape index (κ3) is 6.99. The average Bonchev–Trinajstić information content (AvgIpc) is 3.09. The molecule has 2 aliphatic carbocycles. The normalized spacial score (nSPS) is 27.8. The number of amides is 1. The zero-order chi connectivity index (χ0) is 28.0. The molecule has 0 radical (unpaired) electrons. The molecule has 0 aromatic heterocycles. The van der Waals surface area contributed by atoms with E-state index in [1.807, 2.05) is 4.90 Å². The van der Waals surface area contributed by atoms with Crippen molar-refractivity contribution in [1.29, 1.82) is 0 Å². The van der Waals surface area contributed by atoms with Crippen LogP contribution in [0.5, 0.6) is 0 Å². The van der Waals surface area contributed by atoms with E-state index in [1.54, 1.807) is 6.08 Å². The van der Waals surface area contributed by atoms with E-state index in [4.69, 9.17) is 69.6 Å². The molecule has 1 amide bonds. The molecule has 2 atom stereocenters. The van der Waals surface area contributed by atoms with Gasteiger partial charge >= 0.3 is 0 Å². The lowest BCUT2D eigenvalue weighted by atomic mass is 9.99. The lowest BCUT2D eigenvalue weighted by molar-refractivity contribution is -0.908. The molecule has 2 bridgehead atoms. The monoisotopic (exact) mass is 647 g/mol. The summed E-state index contributed by atoms with van der Waals surface area (Å²) < 4.78 is -0.848. The number of carbonyl (C=O) groups excluding carboxylic acids is 1. The van der Waals surface area contributed by atoms with E-state index in [1.165, 1.54) is 70.6 Å². The van der Waals surface area contributed by atoms with E-state index in [0.29, 0.717) is 17.4 Å². The van der Waals surface area contributed by atoms with Crippen LogP contribution in [-0.2, 0) is 4.79 Å². The first-order chi connectivity index (χ1) is 17.9. The van der Waals surface area contributed by atoms with E-state index in [2.05, 4.69) is 14.0 Å². The summed E-state index contributed by atoms with van der Waals surface area (Å²) in [6, 6.07) is 0. The fourth-order valence-electron chi connectivity index (χ4n) is 6.05. The zero-order valence-electron chi connectivity index (χ0n) is 23.1. The quantitative estimate of drug-likeness (QED) is 0.0706. The van der Waals surface area contributed by atoms with Crippen molar-refractivity contribution in [3.63, 3.8) is 0 Å². The molecule has 0 aromatic carbocycles. The van der Waals surface area contributed by atoms with Crippen LogP contribution in [0.4, 0.5) is 0 Å². The van der Waals surface area contributed by atoms with Crippen LogP contribution < -0.4 is 0 Å². The maximum absolute atomic E-state index is 12.8. The van der Waals surface area contributed by atoms with Crippen LogP contribution in [0.3, 0.4) is 0 Å². The number of unbranched alkanes of at least 4 members (excludes halogenated alkanes) is 12. The summed E-state index contributed by atoms with van der Waals surface area (Å²) in [7, 11) is 2.16. The molecule has 1 fully saturated rings. The molecule has 1 heterocycles. The first-order valence-electron chi connectivity index (χ1n) is 14.6. The molecule has 3 rings (SSSR count). The largest absolute Gasteiger partial charge is 0.331 e. The summed E-state index contributed by atoms with van der Waals surface area (Å²) in [5.74, 6) is 0.269. The molecule has 1 aliphatic heterocycles. The first kappa shape index (κ1) is 33.2. The second-order valence-corrected chi connectivity index (χ2v) is 15.1. The van der Waals surface area contributed by atoms with Gasteiger partial charge in [-0.25, -0.2) is 0 Å². The van der Waals surface area contributed by atoms with Crippen molar-refractivity contribution in [3.05, 3.63) is 21.7 Å². The molecule has 0 saturated carbocycles. The Morgan fingerprint density at radius 2 is 1.29 bits per heavy atom. The number of rotatable bonds is 16. The van der Waals surface area contributed by atoms with Crippen molar-refractivity contribution in [2.45, 2.75) is 111 Å². The predicted octanol–water partition coefficient (Wildman–Crippen LogP) is 9.53. The number of nitrogens with zero attached hydrogens (tertiary/aromatic N) is 2. The van der Waals surface area contributed by atoms with Gasteiger partial charge in [-0.05, 0) is 12.5 Å². The van der Waals surface area contributed by atoms with Crippen molar-refractivity contribution >= 4 is 75.5 Å². The number of likely N-dealkylation sites (N-methyl/N-ethyl adjacent to an activating group) is 1. The van der Waals surface area contributed by atoms with Crippen molar-refractivity contribution in [1.82, 2.24) is 4.90 Å². The highest BCUT2D eigenvalue weighted by Gasteiger charge is 2.75. The number of piperazine rings is 1. The van der Waals surface area contributed by atoms with E-state index >= 15 is 0 Å². The van der Waals surface area contributed by atoms with E-state index in [0.717, 1.165) is 44.6 Å². The minimum Gasteiger partial charge on any atom is -0.331 e. The van der Waals surface area contributed by atoms with Crippen molar-refractivity contribution in [2.75, 3.05) is 39.8 Å². The second-order valence-electron chi connectivity index (χ2n) is 11.8. The molecule has 0 spiro atoms. The van der Waals surface area contributed by atoms with Crippen LogP contribution in [-0.4, -0.2) is 69.1 Å². The summed E-state index contributed by atoms with van der Waals surface area (Å²) in [6.45, 7) is 5.94. The Morgan fingerprint density at radius 1 is 0.816 bits per heavy atom. The van der Waals surface area contributed by atoms with Gasteiger partial charge in [0.2, 0.25) is 5.91 Å². The van der Waals surface area contributed by atoms with E-state index in [9.17, 15) is 4.79 Å². The van der Waals surface area contributed by atoms with Crippen LogP contribution in [0, 0.1) is 0 Å². The molecule has 218 valence electrons. The molecule has 9 heteroatoms. The first-order valence-corrected chi connectivity index (χ1v) is 16.8. The van der Waals surface area contributed by atoms with Gasteiger partial charge in [0.25, 0.3) is 0 Å². The maximum Gasteiger partial charge on any atom is 0.222 e. The Balaban J connectivity index is 1.30. The Hall–Kier alpha value is 0.650. The van der Waals surface area contributed by atoms with Gasteiger partial charge in [-0.15, -0.1) is 23.2 Å². The number of allylic oxidation sites excluding steroid dienone is 3. The highest BCUT2D eigenvalue weighted by molar-refractivity contribution is 6.66. The molecular formula is C29H45Cl6N2O+. The van der Waals surface area contributed by atoms with Crippen molar-refractivity contribution in [2.24, 2.45) is 0 Å². The molecular weight excluding hydrogens is 605 g/mol. The standard InChI is InChI=1S/C29H45Cl6N2O/c1-3-4-5-6-7-8-9-10-11-12-13-14-15-16-24(38)36-17-19-37(2,20-18-36)22-23-21-27(32)25(30)26(31)28(23,33)29(27,34)35/h21H,3-20,22H2,1-2H3/q+1/t27-,28-/m0/s1. The Morgan fingerprint density at radius 3 is 1.74 bits per heavy atom. The highest BCUT2D eigenvalue weighted by Crippen LogP contribution is 2.71. The Labute approximate surface area is 260 Å². The lowest BCUT2D eigenvalue weighted by Gasteiger charge is -2.44. The van der Waals surface area contributed by atoms with E-state index < -0.39 is 14.1 Å². The maximum atomic E-state index is 12.8. The Bertz CT molecular complexity index is 882. The zero-order valence-corrected chi connectivity index (χ0v) is 27.6. The summed E-state index contributed by atoms with van der Waals surface area (Å²) >= 11 is 39.8. The smallest absolute Gasteiger partial charge is 0.222 e. The van der Waals surface area contributed by atoms with Crippen LogP contribution >= 0.6 is 69.6 Å². The van der Waals surface area contributed by atoms with Gasteiger partial charge in [-0.1, -0.05) is 130 Å². The molecule has 38 heavy (non-hydrogen) atoms. The van der Waals surface area contributed by atoms with Gasteiger partial charge in [0, 0.05) is 12.0 Å². The lowest BCUT2D eigenvalue weighted by Crippen LogP contribution is -2.60. The molecule has 3 nitrogen and oxygen atoms in total. The number of hydrogen-bond donors (Lipinski definition) is 0. The van der Waals surface area contributed by atoms with Crippen LogP contribution in [0.1, 0.15) is 96.8 Å². The SMILES string of the molecule is CCCCCCCCCCCCCCCC(=O)N1CC[N+](C)(CC2=C[C@]3(Cl)C(Cl)=C(Cl)[C@]2(Cl)C3(Cl)Cl)CC1. The van der Waals surface area contributed by atoms with Crippen molar-refractivity contribution in [3.8, 4) is 0 Å². The van der Waals surface area contributed by atoms with Gasteiger partial charge in [0.15, 0.2) is 4.33 Å². The van der Waals surface area contributed by atoms with E-state index in [-0.39, 0.29) is 16.0 Å². The predicted molar refractivity (Wildman–Crippen MR) is 166 cm³/mol. The number of halogens is 6. The average molecular weight is 650 g/mol. The van der Waals surface area contributed by atoms with Gasteiger partial charge in [-0.3, -0.25) is 4.79 Å². The van der Waals surface area contributed by atoms with Crippen LogP contribution in [0.2, 0.25) is 0 Å². The number of quaternary nitrogens is 1. The third-order valence-electron chi connectivity index (χ3n) is 8.74. The molecule has 0 aromatic rings.